The summed E-state index contributed by atoms with van der Waals surface area (Å²) >= 11 is 3.47. The van der Waals surface area contributed by atoms with Gasteiger partial charge in [0.1, 0.15) is 11.5 Å². The van der Waals surface area contributed by atoms with E-state index in [-0.39, 0.29) is 0 Å². The molecule has 0 amide bonds. The van der Waals surface area contributed by atoms with Crippen molar-refractivity contribution < 1.29 is 9.47 Å². The van der Waals surface area contributed by atoms with E-state index in [2.05, 4.69) is 29.8 Å². The number of rotatable bonds is 7. The molecule has 1 rings (SSSR count). The molecule has 0 aliphatic carbocycles. The second kappa shape index (κ2) is 7.59. The molecule has 0 atom stereocenters. The molecule has 1 aromatic carbocycles. The zero-order chi connectivity index (χ0) is 12.7. The number of hydrogen-bond acceptors (Lipinski definition) is 2. The maximum atomic E-state index is 5.79. The molecule has 0 aromatic heterocycles. The Morgan fingerprint density at radius 1 is 1.29 bits per heavy atom. The summed E-state index contributed by atoms with van der Waals surface area (Å²) in [5, 5.41) is 0.781. The van der Waals surface area contributed by atoms with Gasteiger partial charge >= 0.3 is 0 Å². The van der Waals surface area contributed by atoms with Gasteiger partial charge in [0.05, 0.1) is 13.7 Å². The molecule has 0 aliphatic heterocycles. The van der Waals surface area contributed by atoms with Crippen LogP contribution in [0.5, 0.6) is 11.5 Å². The molecule has 0 fully saturated rings. The van der Waals surface area contributed by atoms with Gasteiger partial charge < -0.3 is 9.47 Å². The topological polar surface area (TPSA) is 18.5 Å². The number of hydrogen-bond donors (Lipinski definition) is 0. The van der Waals surface area contributed by atoms with Crippen molar-refractivity contribution in [2.75, 3.05) is 13.7 Å². The molecule has 1 aromatic rings. The highest BCUT2D eigenvalue weighted by Gasteiger charge is 2.04. The predicted octanol–water partition coefficient (Wildman–Crippen LogP) is 4.41. The SMILES string of the molecule is COc1ccc(OCCCC(C)C)c(CBr)c1. The number of methoxy groups -OCH3 is 1. The van der Waals surface area contributed by atoms with Crippen LogP contribution >= 0.6 is 15.9 Å². The minimum absolute atomic E-state index is 0.741. The summed E-state index contributed by atoms with van der Waals surface area (Å²) in [5.41, 5.74) is 1.13. The van der Waals surface area contributed by atoms with Crippen molar-refractivity contribution >= 4 is 15.9 Å². The maximum absolute atomic E-state index is 5.79. The Hall–Kier alpha value is -0.700. The van der Waals surface area contributed by atoms with Gasteiger partial charge in [0.25, 0.3) is 0 Å². The van der Waals surface area contributed by atoms with Crippen LogP contribution in [0.4, 0.5) is 0 Å². The molecule has 0 unspecified atom stereocenters. The van der Waals surface area contributed by atoms with Gasteiger partial charge in [0.2, 0.25) is 0 Å². The summed E-state index contributed by atoms with van der Waals surface area (Å²) in [6, 6.07) is 5.92. The number of ether oxygens (including phenoxy) is 2. The van der Waals surface area contributed by atoms with Crippen LogP contribution in [0.15, 0.2) is 18.2 Å². The molecule has 17 heavy (non-hydrogen) atoms. The first-order chi connectivity index (χ1) is 8.17. The first-order valence-corrected chi connectivity index (χ1v) is 7.15. The highest BCUT2D eigenvalue weighted by Crippen LogP contribution is 2.26. The zero-order valence-corrected chi connectivity index (χ0v) is 12.4. The predicted molar refractivity (Wildman–Crippen MR) is 75.2 cm³/mol. The van der Waals surface area contributed by atoms with Crippen LogP contribution in [0.25, 0.3) is 0 Å². The molecule has 0 aliphatic rings. The largest absolute Gasteiger partial charge is 0.497 e. The molecule has 96 valence electrons. The lowest BCUT2D eigenvalue weighted by Gasteiger charge is -2.12. The summed E-state index contributed by atoms with van der Waals surface area (Å²) in [6.07, 6.45) is 2.31. The smallest absolute Gasteiger partial charge is 0.123 e. The fourth-order valence-corrected chi connectivity index (χ4v) is 2.04. The van der Waals surface area contributed by atoms with E-state index in [0.29, 0.717) is 0 Å². The Balaban J connectivity index is 2.52. The third-order valence-corrected chi connectivity index (χ3v) is 3.20. The van der Waals surface area contributed by atoms with Crippen molar-refractivity contribution in [2.24, 2.45) is 5.92 Å². The van der Waals surface area contributed by atoms with E-state index in [1.54, 1.807) is 7.11 Å². The Morgan fingerprint density at radius 3 is 2.65 bits per heavy atom. The van der Waals surface area contributed by atoms with E-state index in [4.69, 9.17) is 9.47 Å². The number of benzene rings is 1. The van der Waals surface area contributed by atoms with Crippen molar-refractivity contribution in [1.29, 1.82) is 0 Å². The minimum Gasteiger partial charge on any atom is -0.497 e. The third kappa shape index (κ3) is 4.99. The zero-order valence-electron chi connectivity index (χ0n) is 10.8. The van der Waals surface area contributed by atoms with Crippen molar-refractivity contribution in [1.82, 2.24) is 0 Å². The van der Waals surface area contributed by atoms with Gasteiger partial charge in [0.15, 0.2) is 0 Å². The summed E-state index contributed by atoms with van der Waals surface area (Å²) in [4.78, 5) is 0. The van der Waals surface area contributed by atoms with Gasteiger partial charge in [-0.25, -0.2) is 0 Å². The molecule has 0 heterocycles. The lowest BCUT2D eigenvalue weighted by atomic mass is 10.1. The lowest BCUT2D eigenvalue weighted by Crippen LogP contribution is -2.01. The molecule has 2 nitrogen and oxygen atoms in total. The van der Waals surface area contributed by atoms with Gasteiger partial charge in [-0.1, -0.05) is 29.8 Å². The van der Waals surface area contributed by atoms with E-state index in [0.717, 1.165) is 41.3 Å². The quantitative estimate of drug-likeness (QED) is 0.549. The van der Waals surface area contributed by atoms with Gasteiger partial charge in [0, 0.05) is 10.9 Å². The summed E-state index contributed by atoms with van der Waals surface area (Å²) < 4.78 is 11.0. The number of halogens is 1. The van der Waals surface area contributed by atoms with Crippen LogP contribution in [0, 0.1) is 5.92 Å². The molecular weight excluding hydrogens is 280 g/mol. The van der Waals surface area contributed by atoms with Crippen LogP contribution in [0.3, 0.4) is 0 Å². The van der Waals surface area contributed by atoms with Gasteiger partial charge in [-0.15, -0.1) is 0 Å². The monoisotopic (exact) mass is 300 g/mol. The van der Waals surface area contributed by atoms with Crippen LogP contribution in [0.1, 0.15) is 32.3 Å². The molecule has 3 heteroatoms. The van der Waals surface area contributed by atoms with Crippen molar-refractivity contribution in [3.63, 3.8) is 0 Å². The third-order valence-electron chi connectivity index (χ3n) is 2.59. The molecule has 0 saturated carbocycles. The highest BCUT2D eigenvalue weighted by molar-refractivity contribution is 9.08. The summed E-state index contributed by atoms with van der Waals surface area (Å²) in [6.45, 7) is 5.25. The Morgan fingerprint density at radius 2 is 2.06 bits per heavy atom. The van der Waals surface area contributed by atoms with Gasteiger partial charge in [-0.05, 0) is 37.0 Å². The van der Waals surface area contributed by atoms with Crippen LogP contribution in [-0.2, 0) is 5.33 Å². The van der Waals surface area contributed by atoms with Crippen molar-refractivity contribution in [3.8, 4) is 11.5 Å². The van der Waals surface area contributed by atoms with E-state index in [9.17, 15) is 0 Å². The standard InChI is InChI=1S/C14H21BrO2/c1-11(2)5-4-8-17-14-7-6-13(16-3)9-12(14)10-15/h6-7,9,11H,4-5,8,10H2,1-3H3. The average molecular weight is 301 g/mol. The second-order valence-corrected chi connectivity index (χ2v) is 5.05. The van der Waals surface area contributed by atoms with Crippen LogP contribution in [0.2, 0.25) is 0 Å². The Bertz CT molecular complexity index is 337. The molecule has 0 N–H and O–H groups in total. The second-order valence-electron chi connectivity index (χ2n) is 4.49. The van der Waals surface area contributed by atoms with Crippen LogP contribution in [-0.4, -0.2) is 13.7 Å². The Labute approximate surface area is 112 Å². The van der Waals surface area contributed by atoms with Gasteiger partial charge in [-0.2, -0.15) is 0 Å². The summed E-state index contributed by atoms with van der Waals surface area (Å²) in [5.74, 6) is 2.56. The van der Waals surface area contributed by atoms with Crippen molar-refractivity contribution in [3.05, 3.63) is 23.8 Å². The van der Waals surface area contributed by atoms with Crippen LogP contribution < -0.4 is 9.47 Å². The van der Waals surface area contributed by atoms with E-state index in [1.165, 1.54) is 6.42 Å². The molecular formula is C14H21BrO2. The minimum atomic E-state index is 0.741. The fraction of sp³-hybridized carbons (Fsp3) is 0.571. The molecule has 0 radical (unpaired) electrons. The number of alkyl halides is 1. The van der Waals surface area contributed by atoms with Crippen molar-refractivity contribution in [2.45, 2.75) is 32.0 Å². The lowest BCUT2D eigenvalue weighted by molar-refractivity contribution is 0.295. The van der Waals surface area contributed by atoms with Gasteiger partial charge in [-0.3, -0.25) is 0 Å². The normalized spacial score (nSPS) is 10.6. The van der Waals surface area contributed by atoms with E-state index < -0.39 is 0 Å². The first-order valence-electron chi connectivity index (χ1n) is 6.03. The molecule has 0 bridgehead atoms. The first kappa shape index (κ1) is 14.4. The Kier molecular flexibility index (Phi) is 6.41. The molecule has 0 spiro atoms. The summed E-state index contributed by atoms with van der Waals surface area (Å²) in [7, 11) is 1.68. The fourth-order valence-electron chi connectivity index (χ4n) is 1.60. The maximum Gasteiger partial charge on any atom is 0.123 e. The van der Waals surface area contributed by atoms with E-state index >= 15 is 0 Å². The highest BCUT2D eigenvalue weighted by atomic mass is 79.9. The van der Waals surface area contributed by atoms with E-state index in [1.807, 2.05) is 18.2 Å². The average Bonchev–Trinajstić information content (AvgIpc) is 2.34. The molecule has 0 saturated heterocycles.